The third kappa shape index (κ3) is 6.37. The molecule has 1 unspecified atom stereocenters. The number of carbonyl (C=O) groups is 1. The molecule has 3 aromatic rings. The van der Waals surface area contributed by atoms with Crippen molar-refractivity contribution in [1.82, 2.24) is 14.8 Å². The van der Waals surface area contributed by atoms with Gasteiger partial charge in [0.05, 0.1) is 5.75 Å². The highest BCUT2D eigenvalue weighted by Gasteiger charge is 2.20. The number of allylic oxidation sites excluding steroid dienone is 1. The summed E-state index contributed by atoms with van der Waals surface area (Å²) < 4.78 is 7.88. The zero-order chi connectivity index (χ0) is 23.1. The van der Waals surface area contributed by atoms with Gasteiger partial charge in [-0.1, -0.05) is 61.5 Å². The fourth-order valence-corrected chi connectivity index (χ4v) is 4.02. The third-order valence-electron chi connectivity index (χ3n) is 4.72. The second-order valence-corrected chi connectivity index (χ2v) is 8.95. The van der Waals surface area contributed by atoms with Crippen LogP contribution in [0.2, 0.25) is 5.02 Å². The van der Waals surface area contributed by atoms with Gasteiger partial charge in [0.25, 0.3) is 0 Å². The number of nitrogens with one attached hydrogen (secondary N) is 1. The molecular weight excluding hydrogens is 444 g/mol. The van der Waals surface area contributed by atoms with E-state index in [1.54, 1.807) is 18.2 Å². The first-order chi connectivity index (χ1) is 15.4. The van der Waals surface area contributed by atoms with Gasteiger partial charge in [-0.25, -0.2) is 0 Å². The molecule has 1 N–H and O–H groups in total. The van der Waals surface area contributed by atoms with Gasteiger partial charge >= 0.3 is 0 Å². The minimum absolute atomic E-state index is 0.106. The average Bonchev–Trinajstić information content (AvgIpc) is 3.16. The normalized spacial score (nSPS) is 11.9. The zero-order valence-electron chi connectivity index (χ0n) is 18.4. The minimum atomic E-state index is -0.358. The summed E-state index contributed by atoms with van der Waals surface area (Å²) in [6.45, 7) is 10.5. The first kappa shape index (κ1) is 23.9. The van der Waals surface area contributed by atoms with E-state index >= 15 is 0 Å². The predicted molar refractivity (Wildman–Crippen MR) is 131 cm³/mol. The summed E-state index contributed by atoms with van der Waals surface area (Å²) in [7, 11) is 0. The van der Waals surface area contributed by atoms with Gasteiger partial charge in [-0.05, 0) is 48.7 Å². The van der Waals surface area contributed by atoms with Gasteiger partial charge in [-0.2, -0.15) is 0 Å². The molecule has 6 nitrogen and oxygen atoms in total. The Labute approximate surface area is 198 Å². The predicted octanol–water partition coefficient (Wildman–Crippen LogP) is 6.11. The smallest absolute Gasteiger partial charge is 0.234 e. The monoisotopic (exact) mass is 470 g/mol. The first-order valence-corrected chi connectivity index (χ1v) is 11.7. The number of rotatable bonds is 10. The van der Waals surface area contributed by atoms with Crippen molar-refractivity contribution < 1.29 is 9.53 Å². The summed E-state index contributed by atoms with van der Waals surface area (Å²) in [6, 6.07) is 15.1. The Hall–Kier alpha value is -2.77. The van der Waals surface area contributed by atoms with Crippen molar-refractivity contribution in [3.05, 3.63) is 77.6 Å². The Morgan fingerprint density at radius 2 is 1.97 bits per heavy atom. The third-order valence-corrected chi connectivity index (χ3v) is 5.93. The lowest BCUT2D eigenvalue weighted by atomic mass is 10.0. The summed E-state index contributed by atoms with van der Waals surface area (Å²) in [5, 5.41) is 12.7. The number of benzene rings is 2. The van der Waals surface area contributed by atoms with Crippen molar-refractivity contribution in [2.24, 2.45) is 0 Å². The second kappa shape index (κ2) is 11.2. The maximum absolute atomic E-state index is 12.4. The van der Waals surface area contributed by atoms with E-state index in [1.807, 2.05) is 47.9 Å². The van der Waals surface area contributed by atoms with Crippen LogP contribution < -0.4 is 10.1 Å². The van der Waals surface area contributed by atoms with Gasteiger partial charge in [-0.3, -0.25) is 9.36 Å². The number of aromatic nitrogens is 3. The molecule has 32 heavy (non-hydrogen) atoms. The summed E-state index contributed by atoms with van der Waals surface area (Å²) >= 11 is 7.36. The maximum Gasteiger partial charge on any atom is 0.234 e. The summed E-state index contributed by atoms with van der Waals surface area (Å²) in [5.41, 5.74) is 2.01. The van der Waals surface area contributed by atoms with Crippen LogP contribution in [0.25, 0.3) is 0 Å². The molecule has 168 valence electrons. The van der Waals surface area contributed by atoms with Crippen molar-refractivity contribution in [2.45, 2.75) is 44.5 Å². The molecule has 0 fully saturated rings. The van der Waals surface area contributed by atoms with Gasteiger partial charge in [0.15, 0.2) is 17.1 Å². The van der Waals surface area contributed by atoms with Crippen molar-refractivity contribution in [3.8, 4) is 5.75 Å². The number of hydrogen-bond acceptors (Lipinski definition) is 5. The van der Waals surface area contributed by atoms with Gasteiger partial charge in [0.2, 0.25) is 5.91 Å². The van der Waals surface area contributed by atoms with E-state index in [2.05, 4.69) is 35.9 Å². The van der Waals surface area contributed by atoms with Crippen LogP contribution in [0.5, 0.6) is 5.75 Å². The molecule has 1 heterocycles. The van der Waals surface area contributed by atoms with Gasteiger partial charge in [0, 0.05) is 17.3 Å². The van der Waals surface area contributed by atoms with Gasteiger partial charge in [-0.15, -0.1) is 16.8 Å². The number of thioether (sulfide) groups is 1. The molecule has 0 aliphatic carbocycles. The number of amides is 1. The fourth-order valence-electron chi connectivity index (χ4n) is 3.08. The van der Waals surface area contributed by atoms with E-state index in [4.69, 9.17) is 16.3 Å². The molecule has 1 atom stereocenters. The van der Waals surface area contributed by atoms with E-state index in [0.717, 1.165) is 5.69 Å². The Bertz CT molecular complexity index is 1070. The second-order valence-electron chi connectivity index (χ2n) is 7.57. The molecule has 0 radical (unpaired) electrons. The highest BCUT2D eigenvalue weighted by molar-refractivity contribution is 7.99. The molecule has 0 saturated carbocycles. The Balaban J connectivity index is 1.64. The van der Waals surface area contributed by atoms with Crippen LogP contribution in [0.4, 0.5) is 5.69 Å². The summed E-state index contributed by atoms with van der Waals surface area (Å²) in [6.07, 6.45) is 1.41. The topological polar surface area (TPSA) is 69.0 Å². The van der Waals surface area contributed by atoms with Crippen LogP contribution in [0.1, 0.15) is 44.2 Å². The van der Waals surface area contributed by atoms with E-state index in [1.165, 1.54) is 17.3 Å². The van der Waals surface area contributed by atoms with Crippen LogP contribution in [0.15, 0.2) is 66.3 Å². The Morgan fingerprint density at radius 3 is 2.62 bits per heavy atom. The fraction of sp³-hybridized carbons (Fsp3) is 0.292. The molecular formula is C24H27ClN4O2S. The molecule has 0 saturated heterocycles. The van der Waals surface area contributed by atoms with Crippen LogP contribution in [-0.2, 0) is 11.3 Å². The van der Waals surface area contributed by atoms with Crippen molar-refractivity contribution >= 4 is 35.0 Å². The quantitative estimate of drug-likeness (QED) is 0.286. The van der Waals surface area contributed by atoms with Crippen molar-refractivity contribution in [1.29, 1.82) is 0 Å². The van der Waals surface area contributed by atoms with E-state index in [9.17, 15) is 4.79 Å². The average molecular weight is 471 g/mol. The minimum Gasteiger partial charge on any atom is -0.483 e. The maximum atomic E-state index is 12.4. The number of hydrogen-bond donors (Lipinski definition) is 1. The number of halogens is 1. The molecule has 0 aliphatic rings. The lowest BCUT2D eigenvalue weighted by Crippen LogP contribution is -2.15. The summed E-state index contributed by atoms with van der Waals surface area (Å²) in [5.74, 6) is 1.86. The standard InChI is InChI=1S/C24H27ClN4O2S/c1-5-13-29-23(17(4)31-21-8-6-7-19(25)14-21)27-28-24(29)32-15-22(30)26-20-11-9-18(10-12-20)16(2)3/h5-12,14,16-17H,1,13,15H2,2-4H3,(H,26,30). The number of nitrogens with zero attached hydrogens (tertiary/aromatic N) is 3. The van der Waals surface area contributed by atoms with E-state index in [0.29, 0.717) is 34.2 Å². The Kier molecular flexibility index (Phi) is 8.36. The SMILES string of the molecule is C=CCn1c(SCC(=O)Nc2ccc(C(C)C)cc2)nnc1C(C)Oc1cccc(Cl)c1. The van der Waals surface area contributed by atoms with Crippen LogP contribution >= 0.6 is 23.4 Å². The molecule has 0 bridgehead atoms. The van der Waals surface area contributed by atoms with E-state index in [-0.39, 0.29) is 17.8 Å². The van der Waals surface area contributed by atoms with Gasteiger partial charge in [0.1, 0.15) is 5.75 Å². The number of ether oxygens (including phenoxy) is 1. The lowest BCUT2D eigenvalue weighted by molar-refractivity contribution is -0.113. The van der Waals surface area contributed by atoms with Crippen molar-refractivity contribution in [2.75, 3.05) is 11.1 Å². The van der Waals surface area contributed by atoms with E-state index < -0.39 is 0 Å². The molecule has 0 spiro atoms. The largest absolute Gasteiger partial charge is 0.483 e. The Morgan fingerprint density at radius 1 is 1.22 bits per heavy atom. The molecule has 3 rings (SSSR count). The first-order valence-electron chi connectivity index (χ1n) is 10.4. The zero-order valence-corrected chi connectivity index (χ0v) is 20.0. The van der Waals surface area contributed by atoms with Crippen molar-refractivity contribution in [3.63, 3.8) is 0 Å². The molecule has 1 aromatic heterocycles. The highest BCUT2D eigenvalue weighted by Crippen LogP contribution is 2.26. The highest BCUT2D eigenvalue weighted by atomic mass is 35.5. The van der Waals surface area contributed by atoms with Gasteiger partial charge < -0.3 is 10.1 Å². The van der Waals surface area contributed by atoms with Crippen LogP contribution in [0, 0.1) is 0 Å². The number of anilines is 1. The summed E-state index contributed by atoms with van der Waals surface area (Å²) in [4.78, 5) is 12.4. The van der Waals surface area contributed by atoms with Crippen LogP contribution in [0.3, 0.4) is 0 Å². The van der Waals surface area contributed by atoms with Crippen LogP contribution in [-0.4, -0.2) is 26.4 Å². The number of carbonyl (C=O) groups excluding carboxylic acids is 1. The molecule has 2 aromatic carbocycles. The lowest BCUT2D eigenvalue weighted by Gasteiger charge is -2.16. The molecule has 8 heteroatoms. The molecule has 0 aliphatic heterocycles. The molecule has 1 amide bonds.